The molecule has 2 aromatic rings. The summed E-state index contributed by atoms with van der Waals surface area (Å²) in [6.45, 7) is 2.98. The van der Waals surface area contributed by atoms with Crippen LogP contribution in [-0.2, 0) is 6.18 Å². The molecule has 1 saturated heterocycles. The SMILES string of the molecule is CN1CCCN(C(=O)c2cncc(-c3ccc(C(F)(F)F)cc3)n2)CC1. The summed E-state index contributed by atoms with van der Waals surface area (Å²) < 4.78 is 38.0. The minimum atomic E-state index is -4.39. The number of benzene rings is 1. The van der Waals surface area contributed by atoms with Gasteiger partial charge in [-0.05, 0) is 32.1 Å². The second-order valence-corrected chi connectivity index (χ2v) is 6.31. The van der Waals surface area contributed by atoms with Crippen LogP contribution in [-0.4, -0.2) is 58.9 Å². The maximum absolute atomic E-state index is 12.7. The molecule has 0 radical (unpaired) electrons. The number of likely N-dealkylation sites (N-methyl/N-ethyl adjacent to an activating group) is 1. The smallest absolute Gasteiger partial charge is 0.336 e. The fourth-order valence-corrected chi connectivity index (χ4v) is 2.85. The lowest BCUT2D eigenvalue weighted by Gasteiger charge is -2.20. The van der Waals surface area contributed by atoms with Gasteiger partial charge < -0.3 is 9.80 Å². The predicted molar refractivity (Wildman–Crippen MR) is 90.5 cm³/mol. The van der Waals surface area contributed by atoms with Crippen LogP contribution in [0.4, 0.5) is 13.2 Å². The largest absolute Gasteiger partial charge is 0.416 e. The minimum absolute atomic E-state index is 0.201. The van der Waals surface area contributed by atoms with Gasteiger partial charge in [-0.25, -0.2) is 4.98 Å². The molecular weight excluding hydrogens is 345 g/mol. The molecule has 0 aliphatic carbocycles. The van der Waals surface area contributed by atoms with E-state index in [1.807, 2.05) is 7.05 Å². The van der Waals surface area contributed by atoms with Gasteiger partial charge in [-0.1, -0.05) is 12.1 Å². The van der Waals surface area contributed by atoms with Crippen molar-refractivity contribution in [2.75, 3.05) is 33.2 Å². The summed E-state index contributed by atoms with van der Waals surface area (Å²) in [6, 6.07) is 4.66. The van der Waals surface area contributed by atoms with Gasteiger partial charge in [0, 0.05) is 25.2 Å². The second-order valence-electron chi connectivity index (χ2n) is 6.31. The number of hydrogen-bond acceptors (Lipinski definition) is 4. The zero-order valence-corrected chi connectivity index (χ0v) is 14.3. The van der Waals surface area contributed by atoms with Gasteiger partial charge in [0.25, 0.3) is 5.91 Å². The van der Waals surface area contributed by atoms with E-state index in [0.29, 0.717) is 24.3 Å². The van der Waals surface area contributed by atoms with Crippen molar-refractivity contribution in [3.63, 3.8) is 0 Å². The third-order valence-corrected chi connectivity index (χ3v) is 4.37. The van der Waals surface area contributed by atoms with Crippen molar-refractivity contribution >= 4 is 5.91 Å². The van der Waals surface area contributed by atoms with Gasteiger partial charge in [0.2, 0.25) is 0 Å². The van der Waals surface area contributed by atoms with E-state index >= 15 is 0 Å². The molecule has 0 atom stereocenters. The highest BCUT2D eigenvalue weighted by Crippen LogP contribution is 2.30. The Labute approximate surface area is 149 Å². The van der Waals surface area contributed by atoms with Crippen molar-refractivity contribution in [3.05, 3.63) is 47.9 Å². The quantitative estimate of drug-likeness (QED) is 0.822. The van der Waals surface area contributed by atoms with Crippen molar-refractivity contribution in [2.24, 2.45) is 0 Å². The molecule has 26 heavy (non-hydrogen) atoms. The molecule has 1 fully saturated rings. The zero-order chi connectivity index (χ0) is 18.7. The number of carbonyl (C=O) groups excluding carboxylic acids is 1. The molecule has 8 heteroatoms. The van der Waals surface area contributed by atoms with Crippen molar-refractivity contribution in [3.8, 4) is 11.3 Å². The molecule has 1 aliphatic heterocycles. The van der Waals surface area contributed by atoms with Gasteiger partial charge >= 0.3 is 6.18 Å². The summed E-state index contributed by atoms with van der Waals surface area (Å²) in [7, 11) is 2.01. The molecule has 1 aromatic carbocycles. The van der Waals surface area contributed by atoms with E-state index in [9.17, 15) is 18.0 Å². The van der Waals surface area contributed by atoms with Crippen LogP contribution in [0, 0.1) is 0 Å². The summed E-state index contributed by atoms with van der Waals surface area (Å²) in [6.07, 6.45) is -0.670. The van der Waals surface area contributed by atoms with Crippen molar-refractivity contribution in [1.82, 2.24) is 19.8 Å². The molecule has 138 valence electrons. The van der Waals surface area contributed by atoms with Crippen LogP contribution in [0.1, 0.15) is 22.5 Å². The number of rotatable bonds is 2. The molecule has 0 unspecified atom stereocenters. The van der Waals surface area contributed by atoms with Gasteiger partial charge in [0.05, 0.1) is 23.7 Å². The number of hydrogen-bond donors (Lipinski definition) is 0. The van der Waals surface area contributed by atoms with Crippen LogP contribution in [0.25, 0.3) is 11.3 Å². The molecule has 0 bridgehead atoms. The van der Waals surface area contributed by atoms with Crippen LogP contribution < -0.4 is 0 Å². The standard InChI is InChI=1S/C18H19F3N4O/c1-24-7-2-8-25(10-9-24)17(26)16-12-22-11-15(23-16)13-3-5-14(6-4-13)18(19,20)21/h3-6,11-12H,2,7-10H2,1H3. The Balaban J connectivity index is 1.80. The van der Waals surface area contributed by atoms with Crippen molar-refractivity contribution < 1.29 is 18.0 Å². The number of carbonyl (C=O) groups is 1. The molecule has 1 aromatic heterocycles. The second kappa shape index (κ2) is 7.41. The normalized spacial score (nSPS) is 16.4. The summed E-state index contributed by atoms with van der Waals surface area (Å²) in [5, 5.41) is 0. The number of amides is 1. The Hall–Kier alpha value is -2.48. The van der Waals surface area contributed by atoms with Gasteiger partial charge in [-0.15, -0.1) is 0 Å². The topological polar surface area (TPSA) is 49.3 Å². The van der Waals surface area contributed by atoms with E-state index in [0.717, 1.165) is 31.6 Å². The lowest BCUT2D eigenvalue weighted by Crippen LogP contribution is -2.35. The molecular formula is C18H19F3N4O. The third-order valence-electron chi connectivity index (χ3n) is 4.37. The Morgan fingerprint density at radius 2 is 1.77 bits per heavy atom. The highest BCUT2D eigenvalue weighted by molar-refractivity contribution is 5.92. The fraction of sp³-hybridized carbons (Fsp3) is 0.389. The molecule has 1 aliphatic rings. The van der Waals surface area contributed by atoms with Gasteiger partial charge in [-0.3, -0.25) is 9.78 Å². The summed E-state index contributed by atoms with van der Waals surface area (Å²) in [5.74, 6) is -0.207. The maximum Gasteiger partial charge on any atom is 0.416 e. The minimum Gasteiger partial charge on any atom is -0.336 e. The Morgan fingerprint density at radius 1 is 1.04 bits per heavy atom. The van der Waals surface area contributed by atoms with Crippen LogP contribution in [0.2, 0.25) is 0 Å². The molecule has 1 amide bonds. The first-order valence-electron chi connectivity index (χ1n) is 8.32. The summed E-state index contributed by atoms with van der Waals surface area (Å²) >= 11 is 0. The van der Waals surface area contributed by atoms with Crippen LogP contribution in [0.5, 0.6) is 0 Å². The first kappa shape index (κ1) is 18.3. The number of halogens is 3. The first-order chi connectivity index (χ1) is 12.3. The molecule has 0 spiro atoms. The van der Waals surface area contributed by atoms with Gasteiger partial charge in [0.15, 0.2) is 0 Å². The fourth-order valence-electron chi connectivity index (χ4n) is 2.85. The van der Waals surface area contributed by atoms with Crippen LogP contribution in [0.15, 0.2) is 36.7 Å². The molecule has 5 nitrogen and oxygen atoms in total. The Morgan fingerprint density at radius 3 is 2.46 bits per heavy atom. The first-order valence-corrected chi connectivity index (χ1v) is 8.32. The van der Waals surface area contributed by atoms with E-state index in [1.165, 1.54) is 24.5 Å². The monoisotopic (exact) mass is 364 g/mol. The molecule has 2 heterocycles. The Bertz CT molecular complexity index is 777. The average Bonchev–Trinajstić information content (AvgIpc) is 2.85. The van der Waals surface area contributed by atoms with E-state index in [4.69, 9.17) is 0 Å². The summed E-state index contributed by atoms with van der Waals surface area (Å²) in [5.41, 5.74) is 0.328. The third kappa shape index (κ3) is 4.19. The van der Waals surface area contributed by atoms with E-state index in [2.05, 4.69) is 14.9 Å². The van der Waals surface area contributed by atoms with Crippen LogP contribution in [0.3, 0.4) is 0 Å². The molecule has 3 rings (SSSR count). The molecule has 0 N–H and O–H groups in total. The number of aromatic nitrogens is 2. The predicted octanol–water partition coefficient (Wildman–Crippen LogP) is 2.94. The van der Waals surface area contributed by atoms with Crippen LogP contribution >= 0.6 is 0 Å². The van der Waals surface area contributed by atoms with E-state index < -0.39 is 11.7 Å². The number of nitrogens with zero attached hydrogens (tertiary/aromatic N) is 4. The van der Waals surface area contributed by atoms with Crippen molar-refractivity contribution in [1.29, 1.82) is 0 Å². The highest BCUT2D eigenvalue weighted by Gasteiger charge is 2.30. The summed E-state index contributed by atoms with van der Waals surface area (Å²) in [4.78, 5) is 24.9. The van der Waals surface area contributed by atoms with E-state index in [-0.39, 0.29) is 11.6 Å². The van der Waals surface area contributed by atoms with E-state index in [1.54, 1.807) is 4.90 Å². The zero-order valence-electron chi connectivity index (χ0n) is 14.3. The number of alkyl halides is 3. The maximum atomic E-state index is 12.7. The van der Waals surface area contributed by atoms with Gasteiger partial charge in [0.1, 0.15) is 5.69 Å². The average molecular weight is 364 g/mol. The highest BCUT2D eigenvalue weighted by atomic mass is 19.4. The lowest BCUT2D eigenvalue weighted by atomic mass is 10.1. The van der Waals surface area contributed by atoms with Crippen molar-refractivity contribution in [2.45, 2.75) is 12.6 Å². The Kier molecular flexibility index (Phi) is 5.22. The van der Waals surface area contributed by atoms with Gasteiger partial charge in [-0.2, -0.15) is 13.2 Å². The lowest BCUT2D eigenvalue weighted by molar-refractivity contribution is -0.137. The molecule has 0 saturated carbocycles.